The first kappa shape index (κ1) is 35.3. The molecule has 0 saturated carbocycles. The number of fused-ring (bicyclic) bond motifs is 5. The number of benzene rings is 6. The Labute approximate surface area is 318 Å². The van der Waals surface area contributed by atoms with Crippen LogP contribution in [0, 0.1) is 5.41 Å². The summed E-state index contributed by atoms with van der Waals surface area (Å²) in [5.74, 6) is -0.963. The number of allylic oxidation sites excluding steroid dienone is 4. The summed E-state index contributed by atoms with van der Waals surface area (Å²) < 4.78 is 0. The molecule has 54 heavy (non-hydrogen) atoms. The molecule has 6 aromatic rings. The summed E-state index contributed by atoms with van der Waals surface area (Å²) in [7, 11) is 4.14. The maximum absolute atomic E-state index is 12.0. The molecule has 0 fully saturated rings. The molecule has 0 aromatic heterocycles. The molecule has 1 atom stereocenters. The fraction of sp³-hybridized carbons (Fsp3) is 0.220. The Kier molecular flexibility index (Phi) is 8.70. The van der Waals surface area contributed by atoms with Crippen LogP contribution in [0.15, 0.2) is 133 Å². The molecule has 270 valence electrons. The van der Waals surface area contributed by atoms with E-state index in [1.165, 1.54) is 33.0 Å². The highest BCUT2D eigenvalue weighted by atomic mass is 16.4. The second-order valence-electron chi connectivity index (χ2n) is 16.6. The van der Waals surface area contributed by atoms with Gasteiger partial charge >= 0.3 is 5.97 Å². The summed E-state index contributed by atoms with van der Waals surface area (Å²) in [5, 5.41) is 25.9. The molecular formula is C50H47NO3. The third kappa shape index (κ3) is 6.35. The average molecular weight is 710 g/mol. The summed E-state index contributed by atoms with van der Waals surface area (Å²) in [4.78, 5) is 13.5. The van der Waals surface area contributed by atoms with Crippen LogP contribution in [0.2, 0.25) is 0 Å². The largest absolute Gasteiger partial charge is 0.478 e. The standard InChI is InChI=1S/C50H47NO3/c1-49(2)26-25-39-37(29-49)30-50(3,4)47-42(39)23-19-35-27-36(28-43(45(35)47)33-16-20-38(21-17-33)51(5)6)41-22-18-32-9-7-8-10-40(32)46(41)44(52)24-13-31-11-14-34(15-12-31)48(53)54/h7-28,44,52H,29-30H2,1-6H3,(H,53,54)/b24-13+. The molecule has 6 aromatic carbocycles. The van der Waals surface area contributed by atoms with Gasteiger partial charge in [0, 0.05) is 25.3 Å². The topological polar surface area (TPSA) is 60.8 Å². The number of aliphatic hydroxyl groups excluding tert-OH is 1. The molecule has 0 saturated heterocycles. The van der Waals surface area contributed by atoms with Crippen molar-refractivity contribution in [3.63, 3.8) is 0 Å². The molecule has 0 heterocycles. The van der Waals surface area contributed by atoms with Crippen LogP contribution < -0.4 is 4.90 Å². The van der Waals surface area contributed by atoms with Crippen molar-refractivity contribution in [3.05, 3.63) is 161 Å². The van der Waals surface area contributed by atoms with Crippen LogP contribution in [-0.4, -0.2) is 30.3 Å². The number of carbonyl (C=O) groups is 1. The number of anilines is 1. The SMILES string of the molecule is CN(C)c1ccc(-c2cc(-c3ccc4ccccc4c3C(O)/C=C/c3ccc(C(=O)O)cc3)cc3ccc4c(c23)C(C)(C)CC2=C4C=CC(C)(C)C2)cc1. The van der Waals surface area contributed by atoms with E-state index < -0.39 is 12.1 Å². The van der Waals surface area contributed by atoms with Gasteiger partial charge in [0.15, 0.2) is 0 Å². The Hall–Kier alpha value is -5.71. The van der Waals surface area contributed by atoms with Gasteiger partial charge in [0.25, 0.3) is 0 Å². The second-order valence-corrected chi connectivity index (χ2v) is 16.6. The van der Waals surface area contributed by atoms with E-state index in [9.17, 15) is 15.0 Å². The molecule has 0 radical (unpaired) electrons. The predicted molar refractivity (Wildman–Crippen MR) is 226 cm³/mol. The Morgan fingerprint density at radius 2 is 1.46 bits per heavy atom. The zero-order valence-electron chi connectivity index (χ0n) is 31.9. The summed E-state index contributed by atoms with van der Waals surface area (Å²) in [6.45, 7) is 9.48. The summed E-state index contributed by atoms with van der Waals surface area (Å²) in [6, 6.07) is 37.3. The van der Waals surface area contributed by atoms with E-state index in [0.29, 0.717) is 0 Å². The van der Waals surface area contributed by atoms with Crippen molar-refractivity contribution in [1.29, 1.82) is 0 Å². The van der Waals surface area contributed by atoms with Gasteiger partial charge in [0.1, 0.15) is 0 Å². The summed E-state index contributed by atoms with van der Waals surface area (Å²) in [6.07, 6.45) is 9.59. The van der Waals surface area contributed by atoms with E-state index in [4.69, 9.17) is 0 Å². The molecule has 2 aliphatic carbocycles. The minimum absolute atomic E-state index is 0.0768. The number of hydrogen-bond acceptors (Lipinski definition) is 3. The number of rotatable bonds is 7. The van der Waals surface area contributed by atoms with Gasteiger partial charge in [-0.1, -0.05) is 130 Å². The van der Waals surface area contributed by atoms with E-state index in [1.54, 1.807) is 35.9 Å². The van der Waals surface area contributed by atoms with Gasteiger partial charge in [0.2, 0.25) is 0 Å². The fourth-order valence-corrected chi connectivity index (χ4v) is 8.81. The highest BCUT2D eigenvalue weighted by Crippen LogP contribution is 2.53. The monoisotopic (exact) mass is 709 g/mol. The van der Waals surface area contributed by atoms with Crippen molar-refractivity contribution in [3.8, 4) is 22.3 Å². The molecule has 0 amide bonds. The second kappa shape index (κ2) is 13.3. The first-order valence-corrected chi connectivity index (χ1v) is 18.8. The number of hydrogen-bond donors (Lipinski definition) is 2. The maximum Gasteiger partial charge on any atom is 0.335 e. The quantitative estimate of drug-likeness (QED) is 0.173. The van der Waals surface area contributed by atoms with E-state index in [-0.39, 0.29) is 16.4 Å². The first-order chi connectivity index (χ1) is 25.8. The number of carboxylic acids is 1. The van der Waals surface area contributed by atoms with Gasteiger partial charge in [-0.15, -0.1) is 0 Å². The van der Waals surface area contributed by atoms with Crippen molar-refractivity contribution >= 4 is 44.9 Å². The van der Waals surface area contributed by atoms with Crippen LogP contribution in [0.25, 0.3) is 55.4 Å². The molecule has 2 N–H and O–H groups in total. The smallest absolute Gasteiger partial charge is 0.335 e. The predicted octanol–water partition coefficient (Wildman–Crippen LogP) is 12.3. The zero-order chi connectivity index (χ0) is 37.9. The van der Waals surface area contributed by atoms with E-state index in [0.717, 1.165) is 57.1 Å². The van der Waals surface area contributed by atoms with Gasteiger partial charge in [0.05, 0.1) is 11.7 Å². The van der Waals surface area contributed by atoms with E-state index >= 15 is 0 Å². The lowest BCUT2D eigenvalue weighted by atomic mass is 9.63. The fourth-order valence-electron chi connectivity index (χ4n) is 8.81. The molecule has 1 unspecified atom stereocenters. The van der Waals surface area contributed by atoms with Crippen molar-refractivity contribution < 1.29 is 15.0 Å². The van der Waals surface area contributed by atoms with Crippen molar-refractivity contribution in [2.24, 2.45) is 5.41 Å². The number of aliphatic hydroxyl groups is 1. The van der Waals surface area contributed by atoms with Gasteiger partial charge in [-0.3, -0.25) is 0 Å². The Morgan fingerprint density at radius 1 is 0.759 bits per heavy atom. The first-order valence-electron chi connectivity index (χ1n) is 18.8. The van der Waals surface area contributed by atoms with Crippen LogP contribution in [0.5, 0.6) is 0 Å². The minimum atomic E-state index is -0.963. The molecule has 4 nitrogen and oxygen atoms in total. The zero-order valence-corrected chi connectivity index (χ0v) is 31.9. The normalized spacial score (nSPS) is 16.4. The highest BCUT2D eigenvalue weighted by molar-refractivity contribution is 6.07. The Bertz CT molecular complexity index is 2550. The summed E-state index contributed by atoms with van der Waals surface area (Å²) >= 11 is 0. The lowest BCUT2D eigenvalue weighted by molar-refractivity contribution is 0.0697. The molecule has 2 aliphatic rings. The molecular weight excluding hydrogens is 663 g/mol. The lowest BCUT2D eigenvalue weighted by Crippen LogP contribution is -2.28. The molecule has 0 spiro atoms. The summed E-state index contributed by atoms with van der Waals surface area (Å²) in [5.41, 5.74) is 13.1. The Morgan fingerprint density at radius 3 is 2.19 bits per heavy atom. The lowest BCUT2D eigenvalue weighted by Gasteiger charge is -2.40. The third-order valence-corrected chi connectivity index (χ3v) is 11.4. The molecule has 4 heteroatoms. The van der Waals surface area contributed by atoms with Gasteiger partial charge in [-0.25, -0.2) is 4.79 Å². The average Bonchev–Trinajstić information content (AvgIpc) is 3.15. The van der Waals surface area contributed by atoms with Gasteiger partial charge in [-0.2, -0.15) is 0 Å². The van der Waals surface area contributed by atoms with Crippen molar-refractivity contribution in [1.82, 2.24) is 0 Å². The molecule has 0 aliphatic heterocycles. The van der Waals surface area contributed by atoms with Crippen LogP contribution in [-0.2, 0) is 5.41 Å². The molecule has 0 bridgehead atoms. The van der Waals surface area contributed by atoms with E-state index in [1.807, 2.05) is 18.2 Å². The minimum Gasteiger partial charge on any atom is -0.478 e. The number of aromatic carboxylic acids is 1. The highest BCUT2D eigenvalue weighted by Gasteiger charge is 2.37. The van der Waals surface area contributed by atoms with Crippen molar-refractivity contribution in [2.45, 2.75) is 52.1 Å². The van der Waals surface area contributed by atoms with Gasteiger partial charge < -0.3 is 15.1 Å². The van der Waals surface area contributed by atoms with Crippen LogP contribution >= 0.6 is 0 Å². The van der Waals surface area contributed by atoms with Crippen LogP contribution in [0.3, 0.4) is 0 Å². The number of nitrogens with zero attached hydrogens (tertiary/aromatic N) is 1. The Balaban J connectivity index is 1.35. The van der Waals surface area contributed by atoms with Crippen LogP contribution in [0.4, 0.5) is 5.69 Å². The molecule has 8 rings (SSSR count). The maximum atomic E-state index is 12.0. The van der Waals surface area contributed by atoms with E-state index in [2.05, 4.69) is 132 Å². The van der Waals surface area contributed by atoms with Gasteiger partial charge in [-0.05, 0) is 126 Å². The number of carboxylic acid groups (broad SMARTS) is 1. The van der Waals surface area contributed by atoms with Crippen molar-refractivity contribution in [2.75, 3.05) is 19.0 Å². The third-order valence-electron chi connectivity index (χ3n) is 11.4. The van der Waals surface area contributed by atoms with Crippen LogP contribution in [0.1, 0.15) is 79.3 Å².